The van der Waals surface area contributed by atoms with Crippen molar-refractivity contribution in [3.63, 3.8) is 0 Å². The van der Waals surface area contributed by atoms with Crippen molar-refractivity contribution >= 4 is 17.7 Å². The van der Waals surface area contributed by atoms with E-state index in [0.717, 1.165) is 41.8 Å². The molecular formula is C28H30N4O2. The van der Waals surface area contributed by atoms with E-state index in [0.29, 0.717) is 29.1 Å². The minimum absolute atomic E-state index is 0.0882. The summed E-state index contributed by atoms with van der Waals surface area (Å²) in [6.07, 6.45) is 2.80. The molecule has 6 nitrogen and oxygen atoms in total. The minimum Gasteiger partial charge on any atom is -0.349 e. The molecule has 0 saturated heterocycles. The Hall–Kier alpha value is -3.94. The van der Waals surface area contributed by atoms with Crippen molar-refractivity contribution in [2.24, 2.45) is 4.99 Å². The normalized spacial score (nSPS) is 13.3. The summed E-state index contributed by atoms with van der Waals surface area (Å²) in [6, 6.07) is 17.7. The SMILES string of the molecule is CCCCC1=NC(C)=C(CC(=O)N(C)C)C(=C=O)N1Cc1ccc(-c2ccccc2C#N)cc1. The van der Waals surface area contributed by atoms with Gasteiger partial charge in [0.2, 0.25) is 5.91 Å². The summed E-state index contributed by atoms with van der Waals surface area (Å²) in [6.45, 7) is 4.41. The van der Waals surface area contributed by atoms with Crippen molar-refractivity contribution in [1.29, 1.82) is 5.26 Å². The molecule has 174 valence electrons. The topological polar surface area (TPSA) is 76.8 Å². The van der Waals surface area contributed by atoms with Crippen LogP contribution in [0.1, 0.15) is 50.7 Å². The van der Waals surface area contributed by atoms with Gasteiger partial charge in [0, 0.05) is 38.3 Å². The monoisotopic (exact) mass is 454 g/mol. The summed E-state index contributed by atoms with van der Waals surface area (Å²) < 4.78 is 0. The first kappa shape index (κ1) is 24.7. The Kier molecular flexibility index (Phi) is 8.19. The molecule has 0 bridgehead atoms. The third kappa shape index (κ3) is 5.51. The highest BCUT2D eigenvalue weighted by molar-refractivity contribution is 5.91. The van der Waals surface area contributed by atoms with Crippen LogP contribution in [0, 0.1) is 11.3 Å². The number of allylic oxidation sites excluding steroid dienone is 2. The summed E-state index contributed by atoms with van der Waals surface area (Å²) in [4.78, 5) is 32.8. The lowest BCUT2D eigenvalue weighted by Gasteiger charge is -2.32. The number of amides is 1. The maximum atomic E-state index is 12.4. The Labute approximate surface area is 201 Å². The van der Waals surface area contributed by atoms with Crippen molar-refractivity contribution in [1.82, 2.24) is 9.80 Å². The van der Waals surface area contributed by atoms with Crippen LogP contribution in [-0.4, -0.2) is 41.6 Å². The van der Waals surface area contributed by atoms with Gasteiger partial charge in [-0.2, -0.15) is 5.26 Å². The molecule has 0 spiro atoms. The van der Waals surface area contributed by atoms with Crippen LogP contribution in [0.3, 0.4) is 0 Å². The highest BCUT2D eigenvalue weighted by atomic mass is 16.2. The molecule has 0 saturated carbocycles. The highest BCUT2D eigenvalue weighted by Gasteiger charge is 2.28. The van der Waals surface area contributed by atoms with Crippen LogP contribution in [-0.2, 0) is 16.1 Å². The molecule has 1 aliphatic heterocycles. The molecular weight excluding hydrogens is 424 g/mol. The molecule has 0 aliphatic carbocycles. The van der Waals surface area contributed by atoms with Gasteiger partial charge < -0.3 is 9.80 Å². The number of carbonyl (C=O) groups excluding carboxylic acids is 2. The number of unbranched alkanes of at least 4 members (excludes halogenated alkanes) is 1. The first-order chi connectivity index (χ1) is 16.4. The van der Waals surface area contributed by atoms with Crippen LogP contribution in [0.15, 0.2) is 70.5 Å². The third-order valence-electron chi connectivity index (χ3n) is 5.93. The number of amidine groups is 1. The summed E-state index contributed by atoms with van der Waals surface area (Å²) in [5.41, 5.74) is 5.16. The van der Waals surface area contributed by atoms with Crippen molar-refractivity contribution < 1.29 is 9.59 Å². The fourth-order valence-corrected chi connectivity index (χ4v) is 3.92. The van der Waals surface area contributed by atoms with Gasteiger partial charge in [0.25, 0.3) is 0 Å². The second-order valence-corrected chi connectivity index (χ2v) is 8.55. The van der Waals surface area contributed by atoms with E-state index >= 15 is 0 Å². The van der Waals surface area contributed by atoms with Crippen molar-refractivity contribution in [2.75, 3.05) is 14.1 Å². The van der Waals surface area contributed by atoms with E-state index in [9.17, 15) is 14.9 Å². The number of nitriles is 1. The zero-order valence-corrected chi connectivity index (χ0v) is 20.3. The van der Waals surface area contributed by atoms with E-state index in [4.69, 9.17) is 4.99 Å². The van der Waals surface area contributed by atoms with Crippen molar-refractivity contribution in [3.8, 4) is 17.2 Å². The van der Waals surface area contributed by atoms with E-state index in [1.165, 1.54) is 4.90 Å². The number of aliphatic imine (C=N–C) groups is 1. The zero-order chi connectivity index (χ0) is 24.7. The lowest BCUT2D eigenvalue weighted by Crippen LogP contribution is -2.35. The van der Waals surface area contributed by atoms with Crippen LogP contribution >= 0.6 is 0 Å². The summed E-state index contributed by atoms with van der Waals surface area (Å²) >= 11 is 0. The van der Waals surface area contributed by atoms with E-state index in [1.807, 2.05) is 54.3 Å². The van der Waals surface area contributed by atoms with Crippen LogP contribution in [0.2, 0.25) is 0 Å². The number of nitrogens with zero attached hydrogens (tertiary/aromatic N) is 4. The fourth-order valence-electron chi connectivity index (χ4n) is 3.92. The maximum absolute atomic E-state index is 12.4. The second kappa shape index (κ2) is 11.3. The van der Waals surface area contributed by atoms with Gasteiger partial charge in [-0.3, -0.25) is 4.79 Å². The Balaban J connectivity index is 1.93. The van der Waals surface area contributed by atoms with Gasteiger partial charge in [-0.1, -0.05) is 55.8 Å². The molecule has 0 aromatic heterocycles. The fraction of sp³-hybridized carbons (Fsp3) is 0.321. The number of hydrogen-bond donors (Lipinski definition) is 0. The molecule has 0 radical (unpaired) electrons. The van der Waals surface area contributed by atoms with Gasteiger partial charge in [-0.05, 0) is 36.1 Å². The van der Waals surface area contributed by atoms with Gasteiger partial charge in [-0.15, -0.1) is 0 Å². The summed E-state index contributed by atoms with van der Waals surface area (Å²) in [7, 11) is 3.40. The zero-order valence-electron chi connectivity index (χ0n) is 20.3. The van der Waals surface area contributed by atoms with E-state index in [-0.39, 0.29) is 12.3 Å². The Morgan fingerprint density at radius 3 is 2.44 bits per heavy atom. The maximum Gasteiger partial charge on any atom is 0.226 e. The van der Waals surface area contributed by atoms with Crippen molar-refractivity contribution in [2.45, 2.75) is 46.1 Å². The third-order valence-corrected chi connectivity index (χ3v) is 5.93. The molecule has 1 aliphatic rings. The molecule has 6 heteroatoms. The molecule has 0 N–H and O–H groups in total. The van der Waals surface area contributed by atoms with E-state index < -0.39 is 0 Å². The van der Waals surface area contributed by atoms with Crippen molar-refractivity contribution in [3.05, 3.63) is 76.6 Å². The van der Waals surface area contributed by atoms with Gasteiger partial charge >= 0.3 is 0 Å². The highest BCUT2D eigenvalue weighted by Crippen LogP contribution is 2.31. The summed E-state index contributed by atoms with van der Waals surface area (Å²) in [5, 5.41) is 9.41. The second-order valence-electron chi connectivity index (χ2n) is 8.55. The molecule has 2 aromatic rings. The molecule has 1 heterocycles. The largest absolute Gasteiger partial charge is 0.349 e. The Bertz CT molecular complexity index is 1210. The lowest BCUT2D eigenvalue weighted by atomic mass is 9.98. The molecule has 0 fully saturated rings. The predicted octanol–water partition coefficient (Wildman–Crippen LogP) is 5.10. The smallest absolute Gasteiger partial charge is 0.226 e. The van der Waals surface area contributed by atoms with Gasteiger partial charge in [0.1, 0.15) is 11.5 Å². The van der Waals surface area contributed by atoms with Crippen LogP contribution in [0.25, 0.3) is 11.1 Å². The van der Waals surface area contributed by atoms with Crippen LogP contribution in [0.5, 0.6) is 0 Å². The average Bonchev–Trinajstić information content (AvgIpc) is 2.85. The number of carbonyl (C=O) groups is 1. The summed E-state index contributed by atoms with van der Waals surface area (Å²) in [5.74, 6) is 2.83. The molecule has 34 heavy (non-hydrogen) atoms. The van der Waals surface area contributed by atoms with E-state index in [1.54, 1.807) is 20.2 Å². The van der Waals surface area contributed by atoms with Gasteiger partial charge in [0.05, 0.1) is 18.1 Å². The standard InChI is InChI=1S/C28H30N4O2/c1-5-6-11-27-30-20(2)25(16-28(34)31(3)4)26(19-33)32(27)18-21-12-14-22(15-13-21)24-10-8-7-9-23(24)17-29/h7-10,12-15H,5-6,11,16,18H2,1-4H3. The first-order valence-corrected chi connectivity index (χ1v) is 11.5. The number of hydrogen-bond acceptors (Lipinski definition) is 5. The lowest BCUT2D eigenvalue weighted by molar-refractivity contribution is -0.127. The number of benzene rings is 2. The number of rotatable bonds is 8. The molecule has 2 aromatic carbocycles. The Morgan fingerprint density at radius 1 is 1.12 bits per heavy atom. The van der Waals surface area contributed by atoms with E-state index in [2.05, 4.69) is 18.9 Å². The Morgan fingerprint density at radius 2 is 1.82 bits per heavy atom. The van der Waals surface area contributed by atoms with Gasteiger partial charge in [0.15, 0.2) is 5.94 Å². The van der Waals surface area contributed by atoms with Crippen LogP contribution in [0.4, 0.5) is 0 Å². The van der Waals surface area contributed by atoms with Crippen LogP contribution < -0.4 is 0 Å². The van der Waals surface area contributed by atoms with Gasteiger partial charge in [-0.25, -0.2) is 9.79 Å². The molecule has 1 amide bonds. The molecule has 0 atom stereocenters. The predicted molar refractivity (Wildman–Crippen MR) is 134 cm³/mol. The minimum atomic E-state index is -0.0882. The quantitative estimate of drug-likeness (QED) is 0.520. The molecule has 3 rings (SSSR count). The first-order valence-electron chi connectivity index (χ1n) is 11.5. The molecule has 0 unspecified atom stereocenters. The average molecular weight is 455 g/mol.